The maximum atomic E-state index is 14.0. The van der Waals surface area contributed by atoms with Crippen LogP contribution in [0.3, 0.4) is 0 Å². The largest absolute Gasteiger partial charge is 0.395 e. The average Bonchev–Trinajstić information content (AvgIpc) is 2.84. The van der Waals surface area contributed by atoms with Gasteiger partial charge in [-0.25, -0.2) is 4.39 Å². The number of halogens is 1. The van der Waals surface area contributed by atoms with Crippen LogP contribution in [-0.2, 0) is 12.0 Å². The third kappa shape index (κ3) is 2.90. The standard InChI is InChI=1S/C16H21FN2O3/c1-16(2,9-21)15-5-10-4-13(18-3)12(17)6-14(10)19(15)7-11(22)8-20/h4-6,11,20-22H,3,7-9H2,1-2H3/t11-/m1/s1. The predicted molar refractivity (Wildman–Crippen MR) is 84.3 cm³/mol. The Kier molecular flexibility index (Phi) is 4.65. The summed E-state index contributed by atoms with van der Waals surface area (Å²) in [6, 6.07) is 4.75. The van der Waals surface area contributed by atoms with Crippen molar-refractivity contribution in [2.75, 3.05) is 13.2 Å². The fourth-order valence-corrected chi connectivity index (χ4v) is 2.50. The van der Waals surface area contributed by atoms with Gasteiger partial charge in [0.05, 0.1) is 37.1 Å². The minimum Gasteiger partial charge on any atom is -0.395 e. The van der Waals surface area contributed by atoms with Crippen LogP contribution in [0.25, 0.3) is 10.9 Å². The number of aliphatic hydroxyl groups excluding tert-OH is 3. The molecular weight excluding hydrogens is 287 g/mol. The van der Waals surface area contributed by atoms with Gasteiger partial charge in [-0.2, -0.15) is 0 Å². The van der Waals surface area contributed by atoms with Gasteiger partial charge in [0, 0.05) is 22.6 Å². The highest BCUT2D eigenvalue weighted by atomic mass is 19.1. The molecule has 1 aromatic carbocycles. The van der Waals surface area contributed by atoms with Crippen LogP contribution < -0.4 is 0 Å². The van der Waals surface area contributed by atoms with Crippen LogP contribution in [0.2, 0.25) is 0 Å². The Balaban J connectivity index is 2.71. The molecule has 0 unspecified atom stereocenters. The first-order valence-corrected chi connectivity index (χ1v) is 7.04. The number of aliphatic hydroxyl groups is 3. The summed E-state index contributed by atoms with van der Waals surface area (Å²) in [5.74, 6) is -0.506. The van der Waals surface area contributed by atoms with Gasteiger partial charge in [0.15, 0.2) is 5.82 Å². The minimum absolute atomic E-state index is 0.104. The number of aromatic nitrogens is 1. The van der Waals surface area contributed by atoms with Crippen molar-refractivity contribution in [1.82, 2.24) is 4.57 Å². The highest BCUT2D eigenvalue weighted by Crippen LogP contribution is 2.33. The second-order valence-corrected chi connectivity index (χ2v) is 6.04. The Bertz CT molecular complexity index is 694. The summed E-state index contributed by atoms with van der Waals surface area (Å²) in [5.41, 5.74) is 0.902. The molecule has 1 atom stereocenters. The number of benzene rings is 1. The number of rotatable bonds is 6. The van der Waals surface area contributed by atoms with Crippen molar-refractivity contribution in [3.8, 4) is 0 Å². The molecule has 0 fully saturated rings. The van der Waals surface area contributed by atoms with E-state index < -0.39 is 23.9 Å². The van der Waals surface area contributed by atoms with Gasteiger partial charge in [-0.1, -0.05) is 13.8 Å². The van der Waals surface area contributed by atoms with E-state index in [0.29, 0.717) is 5.52 Å². The van der Waals surface area contributed by atoms with Crippen LogP contribution in [0.4, 0.5) is 10.1 Å². The quantitative estimate of drug-likeness (QED) is 0.711. The Morgan fingerprint density at radius 3 is 2.55 bits per heavy atom. The third-order valence-electron chi connectivity index (χ3n) is 3.83. The molecule has 2 rings (SSSR count). The molecule has 2 aromatic rings. The van der Waals surface area contributed by atoms with Gasteiger partial charge in [0.25, 0.3) is 0 Å². The lowest BCUT2D eigenvalue weighted by molar-refractivity contribution is 0.0802. The lowest BCUT2D eigenvalue weighted by Gasteiger charge is -2.25. The van der Waals surface area contributed by atoms with Crippen LogP contribution in [0, 0.1) is 5.82 Å². The highest BCUT2D eigenvalue weighted by Gasteiger charge is 2.26. The molecule has 3 N–H and O–H groups in total. The topological polar surface area (TPSA) is 78.0 Å². The first-order valence-electron chi connectivity index (χ1n) is 7.04. The molecule has 0 aliphatic heterocycles. The number of aliphatic imine (C=N–C) groups is 1. The molecule has 0 aliphatic carbocycles. The van der Waals surface area contributed by atoms with Gasteiger partial charge in [-0.15, -0.1) is 0 Å². The van der Waals surface area contributed by atoms with E-state index in [1.54, 1.807) is 10.6 Å². The van der Waals surface area contributed by atoms with Crippen LogP contribution in [0.15, 0.2) is 23.2 Å². The summed E-state index contributed by atoms with van der Waals surface area (Å²) in [7, 11) is 0. The second-order valence-electron chi connectivity index (χ2n) is 6.04. The van der Waals surface area contributed by atoms with E-state index in [1.807, 2.05) is 19.9 Å². The smallest absolute Gasteiger partial charge is 0.150 e. The van der Waals surface area contributed by atoms with Crippen molar-refractivity contribution in [1.29, 1.82) is 0 Å². The number of hydrogen-bond acceptors (Lipinski definition) is 4. The van der Waals surface area contributed by atoms with Crippen molar-refractivity contribution >= 4 is 23.3 Å². The van der Waals surface area contributed by atoms with Gasteiger partial charge >= 0.3 is 0 Å². The Labute approximate surface area is 128 Å². The maximum absolute atomic E-state index is 14.0. The summed E-state index contributed by atoms with van der Waals surface area (Å²) >= 11 is 0. The molecule has 0 saturated heterocycles. The van der Waals surface area contributed by atoms with Crippen molar-refractivity contribution < 1.29 is 19.7 Å². The third-order valence-corrected chi connectivity index (χ3v) is 3.83. The zero-order valence-corrected chi connectivity index (χ0v) is 12.8. The van der Waals surface area contributed by atoms with Crippen LogP contribution in [-0.4, -0.2) is 45.9 Å². The first-order chi connectivity index (χ1) is 10.3. The zero-order chi connectivity index (χ0) is 16.5. The van der Waals surface area contributed by atoms with Gasteiger partial charge in [-0.3, -0.25) is 4.99 Å². The fourth-order valence-electron chi connectivity index (χ4n) is 2.50. The molecule has 0 bridgehead atoms. The van der Waals surface area contributed by atoms with Crippen molar-refractivity contribution in [3.63, 3.8) is 0 Å². The normalized spacial score (nSPS) is 13.5. The average molecular weight is 308 g/mol. The zero-order valence-electron chi connectivity index (χ0n) is 12.8. The summed E-state index contributed by atoms with van der Waals surface area (Å²) in [6.07, 6.45) is -0.968. The monoisotopic (exact) mass is 308 g/mol. The molecular formula is C16H21FN2O3. The second kappa shape index (κ2) is 6.16. The summed E-state index contributed by atoms with van der Waals surface area (Å²) in [4.78, 5) is 3.65. The van der Waals surface area contributed by atoms with E-state index in [1.165, 1.54) is 6.07 Å². The van der Waals surface area contributed by atoms with E-state index in [0.717, 1.165) is 11.1 Å². The molecule has 22 heavy (non-hydrogen) atoms. The van der Waals surface area contributed by atoms with Crippen LogP contribution in [0.5, 0.6) is 0 Å². The van der Waals surface area contributed by atoms with E-state index in [4.69, 9.17) is 5.11 Å². The Hall–Kier alpha value is -1.76. The van der Waals surface area contributed by atoms with Gasteiger partial charge in [0.2, 0.25) is 0 Å². The van der Waals surface area contributed by atoms with E-state index >= 15 is 0 Å². The fraction of sp³-hybridized carbons (Fsp3) is 0.438. The van der Waals surface area contributed by atoms with Crippen LogP contribution >= 0.6 is 0 Å². The number of nitrogens with zero attached hydrogens (tertiary/aromatic N) is 2. The lowest BCUT2D eigenvalue weighted by Crippen LogP contribution is -2.29. The molecule has 1 aromatic heterocycles. The molecule has 0 aliphatic rings. The molecule has 1 heterocycles. The summed E-state index contributed by atoms with van der Waals surface area (Å²) in [6.45, 7) is 6.66. The molecule has 0 radical (unpaired) electrons. The molecule has 0 saturated carbocycles. The summed E-state index contributed by atoms with van der Waals surface area (Å²) < 4.78 is 15.7. The maximum Gasteiger partial charge on any atom is 0.150 e. The summed E-state index contributed by atoms with van der Waals surface area (Å²) in [5, 5.41) is 29.2. The van der Waals surface area contributed by atoms with E-state index in [9.17, 15) is 14.6 Å². The minimum atomic E-state index is -0.968. The van der Waals surface area contributed by atoms with E-state index in [-0.39, 0.29) is 18.8 Å². The SMILES string of the molecule is C=Nc1cc2cc(C(C)(C)CO)n(C[C@@H](O)CO)c2cc1F. The molecule has 0 amide bonds. The predicted octanol–water partition coefficient (Wildman–Crippen LogP) is 1.74. The highest BCUT2D eigenvalue weighted by molar-refractivity contribution is 5.85. The molecule has 120 valence electrons. The Morgan fingerprint density at radius 2 is 2.00 bits per heavy atom. The number of fused-ring (bicyclic) bond motifs is 1. The molecule has 0 spiro atoms. The van der Waals surface area contributed by atoms with Gasteiger partial charge < -0.3 is 19.9 Å². The van der Waals surface area contributed by atoms with Crippen molar-refractivity contribution in [2.24, 2.45) is 4.99 Å². The van der Waals surface area contributed by atoms with Crippen LogP contribution in [0.1, 0.15) is 19.5 Å². The lowest BCUT2D eigenvalue weighted by atomic mass is 9.90. The van der Waals surface area contributed by atoms with Gasteiger partial charge in [-0.05, 0) is 18.9 Å². The molecule has 5 nitrogen and oxygen atoms in total. The van der Waals surface area contributed by atoms with Gasteiger partial charge in [0.1, 0.15) is 0 Å². The molecule has 6 heteroatoms. The first kappa shape index (κ1) is 16.6. The van der Waals surface area contributed by atoms with Crippen molar-refractivity contribution in [3.05, 3.63) is 29.7 Å². The Morgan fingerprint density at radius 1 is 1.32 bits per heavy atom. The van der Waals surface area contributed by atoms with Crippen molar-refractivity contribution in [2.45, 2.75) is 31.9 Å². The number of hydrogen-bond donors (Lipinski definition) is 3. The van der Waals surface area contributed by atoms with E-state index in [2.05, 4.69) is 11.7 Å².